The Hall–Kier alpha value is -2.72. The van der Waals surface area contributed by atoms with E-state index >= 15 is 4.39 Å². The minimum absolute atomic E-state index is 0.0732. The maximum absolute atomic E-state index is 15.2. The van der Waals surface area contributed by atoms with Crippen LogP contribution in [0.2, 0.25) is 0 Å². The average molecular weight is 523 g/mol. The number of esters is 1. The summed E-state index contributed by atoms with van der Waals surface area (Å²) in [6.07, 6.45) is 0.746. The zero-order valence-corrected chi connectivity index (χ0v) is 23.0. The Morgan fingerprint density at radius 3 is 2.47 bits per heavy atom. The van der Waals surface area contributed by atoms with Crippen molar-refractivity contribution in [2.24, 2.45) is 5.41 Å². The first-order valence-electron chi connectivity index (χ1n) is 11.8. The Morgan fingerprint density at radius 1 is 1.22 bits per heavy atom. The number of halogens is 1. The van der Waals surface area contributed by atoms with E-state index in [0.29, 0.717) is 18.2 Å². The molecule has 3 rings (SSSR count). The van der Waals surface area contributed by atoms with Crippen LogP contribution in [0.1, 0.15) is 56.8 Å². The Balaban J connectivity index is 1.90. The van der Waals surface area contributed by atoms with Gasteiger partial charge >= 0.3 is 12.1 Å². The third-order valence-electron chi connectivity index (χ3n) is 5.58. The molecule has 2 atom stereocenters. The van der Waals surface area contributed by atoms with Crippen LogP contribution >= 0.6 is 11.3 Å². The highest BCUT2D eigenvalue weighted by Crippen LogP contribution is 2.35. The summed E-state index contributed by atoms with van der Waals surface area (Å²) in [5.41, 5.74) is -1.08. The Bertz CT molecular complexity index is 1100. The molecule has 8 nitrogen and oxygen atoms in total. The fourth-order valence-corrected chi connectivity index (χ4v) is 4.95. The second-order valence-corrected chi connectivity index (χ2v) is 12.0. The van der Waals surface area contributed by atoms with E-state index in [1.807, 2.05) is 48.5 Å². The van der Waals surface area contributed by atoms with Crippen LogP contribution < -0.4 is 4.74 Å². The summed E-state index contributed by atoms with van der Waals surface area (Å²) in [6.45, 7) is 14.2. The van der Waals surface area contributed by atoms with Crippen molar-refractivity contribution in [3.8, 4) is 16.3 Å². The molecule has 1 aliphatic heterocycles. The van der Waals surface area contributed by atoms with Crippen molar-refractivity contribution in [2.45, 2.75) is 66.2 Å². The Kier molecular flexibility index (Phi) is 8.30. The largest absolute Gasteiger partial charge is 0.491 e. The summed E-state index contributed by atoms with van der Waals surface area (Å²) in [5, 5.41) is 0.429. The van der Waals surface area contributed by atoms with Gasteiger partial charge < -0.3 is 18.9 Å². The van der Waals surface area contributed by atoms with E-state index in [1.54, 1.807) is 11.1 Å². The minimum atomic E-state index is -0.815. The van der Waals surface area contributed by atoms with Crippen molar-refractivity contribution in [3.63, 3.8) is 0 Å². The highest BCUT2D eigenvalue weighted by atomic mass is 32.1. The summed E-state index contributed by atoms with van der Waals surface area (Å²) < 4.78 is 37.7. The van der Waals surface area contributed by atoms with Crippen molar-refractivity contribution < 1.29 is 32.9 Å². The quantitative estimate of drug-likeness (QED) is 0.481. The topological polar surface area (TPSA) is 87.2 Å². The predicted molar refractivity (Wildman–Crippen MR) is 135 cm³/mol. The maximum atomic E-state index is 15.2. The molecule has 10 heteroatoms. The number of hydrogen-bond donors (Lipinski definition) is 0. The van der Waals surface area contributed by atoms with Crippen LogP contribution in [0.15, 0.2) is 18.3 Å². The normalized spacial score (nSPS) is 18.6. The van der Waals surface area contributed by atoms with Crippen molar-refractivity contribution in [2.75, 3.05) is 26.9 Å². The van der Waals surface area contributed by atoms with Gasteiger partial charge in [0.1, 0.15) is 34.9 Å². The molecule has 1 amide bonds. The monoisotopic (exact) mass is 522 g/mol. The number of benzene rings is 1. The average Bonchev–Trinajstić information content (AvgIpc) is 3.21. The number of methoxy groups -OCH3 is 1. The molecule has 198 valence electrons. The molecule has 1 fully saturated rings. The van der Waals surface area contributed by atoms with Crippen LogP contribution in [-0.2, 0) is 14.2 Å². The third-order valence-corrected chi connectivity index (χ3v) is 6.53. The highest BCUT2D eigenvalue weighted by molar-refractivity contribution is 7.14. The van der Waals surface area contributed by atoms with Gasteiger partial charge in [0.2, 0.25) is 0 Å². The lowest BCUT2D eigenvalue weighted by atomic mass is 9.81. The molecular weight excluding hydrogens is 487 g/mol. The number of aryl methyl sites for hydroxylation is 1. The van der Waals surface area contributed by atoms with Crippen LogP contribution in [0.25, 0.3) is 10.6 Å². The van der Waals surface area contributed by atoms with E-state index in [-0.39, 0.29) is 34.9 Å². The number of aromatic nitrogens is 1. The van der Waals surface area contributed by atoms with E-state index in [0.717, 1.165) is 4.88 Å². The van der Waals surface area contributed by atoms with Gasteiger partial charge in [-0.25, -0.2) is 19.0 Å². The molecule has 1 aliphatic rings. The number of hydrogen-bond acceptors (Lipinski definition) is 8. The fraction of sp³-hybridized carbons (Fsp3) is 0.577. The first-order chi connectivity index (χ1) is 16.7. The van der Waals surface area contributed by atoms with Gasteiger partial charge in [-0.15, -0.1) is 11.3 Å². The number of amides is 1. The number of morpholine rings is 1. The molecule has 1 unspecified atom stereocenters. The Labute approximate surface area is 215 Å². The lowest BCUT2D eigenvalue weighted by Crippen LogP contribution is -2.61. The van der Waals surface area contributed by atoms with Crippen LogP contribution in [0.4, 0.5) is 9.18 Å². The van der Waals surface area contributed by atoms with E-state index in [4.69, 9.17) is 18.9 Å². The van der Waals surface area contributed by atoms with Gasteiger partial charge in [-0.3, -0.25) is 4.90 Å². The molecule has 0 N–H and O–H groups in total. The molecule has 1 aromatic heterocycles. The van der Waals surface area contributed by atoms with Gasteiger partial charge in [-0.2, -0.15) is 0 Å². The molecule has 0 saturated carbocycles. The van der Waals surface area contributed by atoms with Crippen LogP contribution in [0.5, 0.6) is 5.75 Å². The SMILES string of the molecule is COC(=O)c1cc(OCC2OCCN(C(=O)OC(C)(C)C)[C@@H]2C(C)(C)C)cc(-c2ncc(C)s2)c1F. The molecule has 0 spiro atoms. The lowest BCUT2D eigenvalue weighted by molar-refractivity contribution is -0.116. The van der Waals surface area contributed by atoms with Gasteiger partial charge in [-0.1, -0.05) is 20.8 Å². The first kappa shape index (κ1) is 27.9. The molecule has 36 heavy (non-hydrogen) atoms. The number of nitrogens with zero attached hydrogens (tertiary/aromatic N) is 2. The lowest BCUT2D eigenvalue weighted by Gasteiger charge is -2.47. The predicted octanol–water partition coefficient (Wildman–Crippen LogP) is 5.47. The third kappa shape index (κ3) is 6.53. The second-order valence-electron chi connectivity index (χ2n) is 10.8. The minimum Gasteiger partial charge on any atom is -0.491 e. The van der Waals surface area contributed by atoms with E-state index in [2.05, 4.69) is 4.98 Å². The highest BCUT2D eigenvalue weighted by Gasteiger charge is 2.44. The number of ether oxygens (including phenoxy) is 4. The van der Waals surface area contributed by atoms with Crippen molar-refractivity contribution >= 4 is 23.4 Å². The summed E-state index contributed by atoms with van der Waals surface area (Å²) in [6, 6.07) is 2.48. The molecule has 0 bridgehead atoms. The number of rotatable bonds is 5. The summed E-state index contributed by atoms with van der Waals surface area (Å²) in [5.74, 6) is -1.27. The van der Waals surface area contributed by atoms with Crippen LogP contribution in [0, 0.1) is 18.2 Å². The van der Waals surface area contributed by atoms with Gasteiger partial charge in [0.05, 0.1) is 30.9 Å². The zero-order chi connectivity index (χ0) is 26.8. The van der Waals surface area contributed by atoms with Gasteiger partial charge in [0.25, 0.3) is 0 Å². The molecule has 2 aromatic rings. The molecule has 0 aliphatic carbocycles. The van der Waals surface area contributed by atoms with E-state index < -0.39 is 29.6 Å². The van der Waals surface area contributed by atoms with Gasteiger partial charge in [0, 0.05) is 17.6 Å². The summed E-state index contributed by atoms with van der Waals surface area (Å²) >= 11 is 1.31. The molecule has 1 aromatic carbocycles. The van der Waals surface area contributed by atoms with Crippen molar-refractivity contribution in [3.05, 3.63) is 34.6 Å². The van der Waals surface area contributed by atoms with E-state index in [1.165, 1.54) is 30.6 Å². The summed E-state index contributed by atoms with van der Waals surface area (Å²) in [4.78, 5) is 32.1. The van der Waals surface area contributed by atoms with Crippen molar-refractivity contribution in [1.29, 1.82) is 0 Å². The number of carbonyl (C=O) groups is 2. The summed E-state index contributed by atoms with van der Waals surface area (Å²) in [7, 11) is 1.19. The molecule has 2 heterocycles. The Morgan fingerprint density at radius 2 is 1.92 bits per heavy atom. The van der Waals surface area contributed by atoms with Crippen LogP contribution in [-0.4, -0.2) is 66.6 Å². The number of thiazole rings is 1. The van der Waals surface area contributed by atoms with Gasteiger partial charge in [0.15, 0.2) is 0 Å². The first-order valence-corrected chi connectivity index (χ1v) is 12.6. The van der Waals surface area contributed by atoms with Crippen LogP contribution in [0.3, 0.4) is 0 Å². The second kappa shape index (κ2) is 10.7. The molecule has 0 radical (unpaired) electrons. The maximum Gasteiger partial charge on any atom is 0.410 e. The standard InChI is InChI=1S/C26H35FN2O6S/c1-15-13-28-22(36-15)17-11-16(12-18(20(17)27)23(30)32-8)34-14-19-21(25(2,3)4)29(9-10-33-19)24(31)35-26(5,6)7/h11-13,19,21H,9-10,14H2,1-8H3/t19?,21-/m0/s1. The zero-order valence-electron chi connectivity index (χ0n) is 22.1. The van der Waals surface area contributed by atoms with Gasteiger partial charge in [-0.05, 0) is 45.2 Å². The fourth-order valence-electron chi connectivity index (χ4n) is 4.18. The molecule has 1 saturated heterocycles. The number of carbonyl (C=O) groups excluding carboxylic acids is 2. The molecular formula is C26H35FN2O6S. The van der Waals surface area contributed by atoms with Crippen molar-refractivity contribution in [1.82, 2.24) is 9.88 Å². The van der Waals surface area contributed by atoms with E-state index in [9.17, 15) is 9.59 Å². The smallest absolute Gasteiger partial charge is 0.410 e.